The van der Waals surface area contributed by atoms with Gasteiger partial charge in [-0.3, -0.25) is 4.98 Å². The summed E-state index contributed by atoms with van der Waals surface area (Å²) in [5, 5.41) is 0.0607. The second-order valence-corrected chi connectivity index (χ2v) is 3.62. The van der Waals surface area contributed by atoms with Crippen LogP contribution in [0.3, 0.4) is 0 Å². The van der Waals surface area contributed by atoms with Gasteiger partial charge in [-0.25, -0.2) is 0 Å². The minimum atomic E-state index is 0.0607. The summed E-state index contributed by atoms with van der Waals surface area (Å²) in [6.07, 6.45) is 2.80. The second kappa shape index (κ2) is 3.90. The molecule has 0 saturated carbocycles. The van der Waals surface area contributed by atoms with E-state index in [1.165, 1.54) is 11.1 Å². The van der Waals surface area contributed by atoms with E-state index in [9.17, 15) is 0 Å². The highest BCUT2D eigenvalue weighted by molar-refractivity contribution is 6.20. The van der Waals surface area contributed by atoms with E-state index >= 15 is 0 Å². The van der Waals surface area contributed by atoms with E-state index < -0.39 is 0 Å². The Morgan fingerprint density at radius 2 is 2.17 bits per heavy atom. The lowest BCUT2D eigenvalue weighted by atomic mass is 10.1. The maximum atomic E-state index is 6.09. The molecule has 66 valence electrons. The molecule has 0 N–H and O–H groups in total. The Labute approximate surface area is 78.8 Å². The molecule has 0 bridgehead atoms. The van der Waals surface area contributed by atoms with Crippen LogP contribution >= 0.6 is 11.6 Å². The molecule has 1 rings (SSSR count). The number of pyridine rings is 1. The smallest absolute Gasteiger partial charge is 0.0757 e. The molecule has 1 aromatic rings. The van der Waals surface area contributed by atoms with Gasteiger partial charge in [0.25, 0.3) is 0 Å². The van der Waals surface area contributed by atoms with Crippen molar-refractivity contribution in [3.8, 4) is 0 Å². The summed E-state index contributed by atoms with van der Waals surface area (Å²) in [5.41, 5.74) is 3.40. The van der Waals surface area contributed by atoms with E-state index in [4.69, 9.17) is 11.6 Å². The quantitative estimate of drug-likeness (QED) is 0.641. The summed E-state index contributed by atoms with van der Waals surface area (Å²) in [6.45, 7) is 6.16. The van der Waals surface area contributed by atoms with Crippen LogP contribution in [-0.2, 0) is 0 Å². The maximum Gasteiger partial charge on any atom is 0.0757 e. The van der Waals surface area contributed by atoms with Crippen molar-refractivity contribution < 1.29 is 0 Å². The van der Waals surface area contributed by atoms with Gasteiger partial charge in [0, 0.05) is 6.20 Å². The van der Waals surface area contributed by atoms with E-state index in [2.05, 4.69) is 24.9 Å². The largest absolute Gasteiger partial charge is 0.259 e. The van der Waals surface area contributed by atoms with Gasteiger partial charge in [-0.15, -0.1) is 11.6 Å². The number of nitrogens with zero attached hydrogens (tertiary/aromatic N) is 1. The molecule has 0 aliphatic heterocycles. The fourth-order valence-corrected chi connectivity index (χ4v) is 1.48. The van der Waals surface area contributed by atoms with Gasteiger partial charge in [-0.1, -0.05) is 13.0 Å². The maximum absolute atomic E-state index is 6.09. The summed E-state index contributed by atoms with van der Waals surface area (Å²) in [4.78, 5) is 4.32. The third kappa shape index (κ3) is 1.98. The molecule has 2 heteroatoms. The summed E-state index contributed by atoms with van der Waals surface area (Å²) in [7, 11) is 0. The predicted molar refractivity (Wildman–Crippen MR) is 52.6 cm³/mol. The number of alkyl halides is 1. The lowest BCUT2D eigenvalue weighted by Gasteiger charge is -2.09. The van der Waals surface area contributed by atoms with Gasteiger partial charge < -0.3 is 0 Å². The standard InChI is InChI=1S/C10H14ClN/c1-4-9(11)10-8(3)5-7(2)6-12-10/h5-6,9H,4H2,1-3H3. The first-order chi connectivity index (χ1) is 5.65. The SMILES string of the molecule is CCC(Cl)c1ncc(C)cc1C. The van der Waals surface area contributed by atoms with Gasteiger partial charge in [0.2, 0.25) is 0 Å². The highest BCUT2D eigenvalue weighted by atomic mass is 35.5. The van der Waals surface area contributed by atoms with E-state index in [0.717, 1.165) is 12.1 Å². The summed E-state index contributed by atoms with van der Waals surface area (Å²) in [5.74, 6) is 0. The molecule has 0 spiro atoms. The summed E-state index contributed by atoms with van der Waals surface area (Å²) >= 11 is 6.09. The first kappa shape index (κ1) is 9.53. The van der Waals surface area contributed by atoms with Gasteiger partial charge in [-0.05, 0) is 31.4 Å². The van der Waals surface area contributed by atoms with E-state index in [-0.39, 0.29) is 5.38 Å². The number of aromatic nitrogens is 1. The lowest BCUT2D eigenvalue weighted by molar-refractivity contribution is 0.835. The second-order valence-electron chi connectivity index (χ2n) is 3.09. The van der Waals surface area contributed by atoms with Crippen LogP contribution in [0.1, 0.15) is 35.5 Å². The van der Waals surface area contributed by atoms with Crippen LogP contribution in [0.2, 0.25) is 0 Å². The van der Waals surface area contributed by atoms with Crippen molar-refractivity contribution in [2.45, 2.75) is 32.6 Å². The van der Waals surface area contributed by atoms with Crippen LogP contribution in [0.5, 0.6) is 0 Å². The fourth-order valence-electron chi connectivity index (χ4n) is 1.25. The molecule has 0 aromatic carbocycles. The zero-order valence-electron chi connectivity index (χ0n) is 7.76. The number of rotatable bonds is 2. The average molecular weight is 184 g/mol. The molecule has 0 fully saturated rings. The minimum Gasteiger partial charge on any atom is -0.259 e. The van der Waals surface area contributed by atoms with Crippen LogP contribution in [0.4, 0.5) is 0 Å². The van der Waals surface area contributed by atoms with Crippen molar-refractivity contribution in [2.75, 3.05) is 0 Å². The monoisotopic (exact) mass is 183 g/mol. The molecular formula is C10H14ClN. The van der Waals surface area contributed by atoms with Gasteiger partial charge in [0.15, 0.2) is 0 Å². The Hall–Kier alpha value is -0.560. The van der Waals surface area contributed by atoms with Gasteiger partial charge in [0.05, 0.1) is 11.1 Å². The fraction of sp³-hybridized carbons (Fsp3) is 0.500. The van der Waals surface area contributed by atoms with Crippen LogP contribution < -0.4 is 0 Å². The van der Waals surface area contributed by atoms with Crippen LogP contribution in [0.15, 0.2) is 12.3 Å². The van der Waals surface area contributed by atoms with Gasteiger partial charge >= 0.3 is 0 Å². The van der Waals surface area contributed by atoms with Crippen molar-refractivity contribution in [3.05, 3.63) is 29.1 Å². The zero-order chi connectivity index (χ0) is 9.14. The Morgan fingerprint density at radius 1 is 1.50 bits per heavy atom. The molecule has 0 saturated heterocycles. The van der Waals surface area contributed by atoms with Crippen LogP contribution in [-0.4, -0.2) is 4.98 Å². The van der Waals surface area contributed by atoms with Gasteiger partial charge in [-0.2, -0.15) is 0 Å². The zero-order valence-corrected chi connectivity index (χ0v) is 8.52. The molecule has 1 aromatic heterocycles. The summed E-state index contributed by atoms with van der Waals surface area (Å²) in [6, 6.07) is 2.12. The van der Waals surface area contributed by atoms with Crippen molar-refractivity contribution in [1.82, 2.24) is 4.98 Å². The summed E-state index contributed by atoms with van der Waals surface area (Å²) < 4.78 is 0. The van der Waals surface area contributed by atoms with Crippen LogP contribution in [0.25, 0.3) is 0 Å². The lowest BCUT2D eigenvalue weighted by Crippen LogP contribution is -1.97. The third-order valence-electron chi connectivity index (χ3n) is 1.91. The highest BCUT2D eigenvalue weighted by Gasteiger charge is 2.09. The molecule has 0 amide bonds. The van der Waals surface area contributed by atoms with Crippen molar-refractivity contribution in [3.63, 3.8) is 0 Å². The van der Waals surface area contributed by atoms with Crippen molar-refractivity contribution in [1.29, 1.82) is 0 Å². The first-order valence-corrected chi connectivity index (χ1v) is 4.66. The Bertz CT molecular complexity index is 271. The number of aryl methyl sites for hydroxylation is 2. The molecule has 0 aliphatic carbocycles. The van der Waals surface area contributed by atoms with Crippen molar-refractivity contribution in [2.24, 2.45) is 0 Å². The topological polar surface area (TPSA) is 12.9 Å². The molecule has 12 heavy (non-hydrogen) atoms. The van der Waals surface area contributed by atoms with Crippen molar-refractivity contribution >= 4 is 11.6 Å². The third-order valence-corrected chi connectivity index (χ3v) is 2.43. The Balaban J connectivity index is 3.01. The molecule has 1 unspecified atom stereocenters. The molecule has 1 nitrogen and oxygen atoms in total. The molecule has 1 atom stereocenters. The Morgan fingerprint density at radius 3 is 2.67 bits per heavy atom. The molecule has 0 radical (unpaired) electrons. The van der Waals surface area contributed by atoms with Gasteiger partial charge in [0.1, 0.15) is 0 Å². The molecule has 1 heterocycles. The van der Waals surface area contributed by atoms with E-state index in [1.807, 2.05) is 13.1 Å². The van der Waals surface area contributed by atoms with E-state index in [0.29, 0.717) is 0 Å². The number of halogens is 1. The van der Waals surface area contributed by atoms with Crippen LogP contribution in [0, 0.1) is 13.8 Å². The average Bonchev–Trinajstić information content (AvgIpc) is 2.03. The number of hydrogen-bond donors (Lipinski definition) is 0. The predicted octanol–water partition coefficient (Wildman–Crippen LogP) is 3.39. The molecular weight excluding hydrogens is 170 g/mol. The number of hydrogen-bond acceptors (Lipinski definition) is 1. The minimum absolute atomic E-state index is 0.0607. The first-order valence-electron chi connectivity index (χ1n) is 4.22. The highest BCUT2D eigenvalue weighted by Crippen LogP contribution is 2.24. The van der Waals surface area contributed by atoms with E-state index in [1.54, 1.807) is 0 Å². The molecule has 0 aliphatic rings. The Kier molecular flexibility index (Phi) is 3.10. The normalized spacial score (nSPS) is 13.0.